The quantitative estimate of drug-likeness (QED) is 0.613. The average Bonchev–Trinajstić information content (AvgIpc) is 2.59. The molecule has 2 atom stereocenters. The molecule has 0 spiro atoms. The van der Waals surface area contributed by atoms with Crippen molar-refractivity contribution in [2.24, 2.45) is 11.3 Å². The molecule has 2 nitrogen and oxygen atoms in total. The van der Waals surface area contributed by atoms with E-state index in [1.165, 1.54) is 37.7 Å². The van der Waals surface area contributed by atoms with E-state index in [1.54, 1.807) is 7.11 Å². The fourth-order valence-corrected chi connectivity index (χ4v) is 4.01. The zero-order valence-electron chi connectivity index (χ0n) is 14.5. The molecule has 1 fully saturated rings. The van der Waals surface area contributed by atoms with E-state index < -0.39 is 0 Å². The standard InChI is InChI=1S/C20H32O2/c1-4-22-19(21-3)20(2,18-13-9-6-10-14-18)16-15-17-11-7-5-8-12-17/h5,7-8,11-12,18-19H,4,6,9-10,13-16H2,1-3H3. The van der Waals surface area contributed by atoms with Crippen LogP contribution in [0.5, 0.6) is 0 Å². The monoisotopic (exact) mass is 304 g/mol. The van der Waals surface area contributed by atoms with Gasteiger partial charge in [-0.05, 0) is 44.1 Å². The van der Waals surface area contributed by atoms with Crippen LogP contribution in [-0.4, -0.2) is 20.0 Å². The maximum Gasteiger partial charge on any atom is 0.162 e. The van der Waals surface area contributed by atoms with E-state index in [9.17, 15) is 0 Å². The number of hydrogen-bond donors (Lipinski definition) is 0. The van der Waals surface area contributed by atoms with Crippen molar-refractivity contribution >= 4 is 0 Å². The number of aryl methyl sites for hydroxylation is 1. The van der Waals surface area contributed by atoms with Crippen molar-refractivity contribution in [1.29, 1.82) is 0 Å². The van der Waals surface area contributed by atoms with Crippen LogP contribution in [0.2, 0.25) is 0 Å². The van der Waals surface area contributed by atoms with Crippen molar-refractivity contribution < 1.29 is 9.47 Å². The van der Waals surface area contributed by atoms with Gasteiger partial charge in [-0.15, -0.1) is 0 Å². The first kappa shape index (κ1) is 17.5. The normalized spacial score (nSPS) is 20.5. The SMILES string of the molecule is CCOC(OC)C(C)(CCc1ccccc1)C1CCCCC1. The topological polar surface area (TPSA) is 18.5 Å². The van der Waals surface area contributed by atoms with Crippen molar-refractivity contribution in [1.82, 2.24) is 0 Å². The first-order valence-electron chi connectivity index (χ1n) is 8.89. The second-order valence-electron chi connectivity index (χ2n) is 6.85. The van der Waals surface area contributed by atoms with Crippen molar-refractivity contribution in [3.05, 3.63) is 35.9 Å². The minimum Gasteiger partial charge on any atom is -0.355 e. The van der Waals surface area contributed by atoms with Crippen LogP contribution in [0.4, 0.5) is 0 Å². The van der Waals surface area contributed by atoms with Crippen LogP contribution in [0, 0.1) is 11.3 Å². The molecule has 0 saturated heterocycles. The molecule has 1 saturated carbocycles. The zero-order chi connectivity index (χ0) is 15.8. The lowest BCUT2D eigenvalue weighted by Crippen LogP contribution is -2.43. The van der Waals surface area contributed by atoms with E-state index in [0.29, 0.717) is 12.5 Å². The Labute approximate surface area is 136 Å². The number of methoxy groups -OCH3 is 1. The lowest BCUT2D eigenvalue weighted by Gasteiger charge is -2.44. The molecule has 0 aliphatic heterocycles. The molecule has 22 heavy (non-hydrogen) atoms. The smallest absolute Gasteiger partial charge is 0.162 e. The summed E-state index contributed by atoms with van der Waals surface area (Å²) in [6, 6.07) is 10.8. The second kappa shape index (κ2) is 8.69. The van der Waals surface area contributed by atoms with Crippen LogP contribution >= 0.6 is 0 Å². The Kier molecular flexibility index (Phi) is 6.91. The molecule has 0 heterocycles. The van der Waals surface area contributed by atoms with Crippen LogP contribution < -0.4 is 0 Å². The molecule has 0 aromatic heterocycles. The number of hydrogen-bond acceptors (Lipinski definition) is 2. The third-order valence-electron chi connectivity index (χ3n) is 5.40. The van der Waals surface area contributed by atoms with Gasteiger partial charge < -0.3 is 9.47 Å². The van der Waals surface area contributed by atoms with E-state index in [0.717, 1.165) is 12.8 Å². The first-order valence-corrected chi connectivity index (χ1v) is 8.89. The highest BCUT2D eigenvalue weighted by Crippen LogP contribution is 2.45. The molecule has 0 amide bonds. The predicted molar refractivity (Wildman–Crippen MR) is 91.9 cm³/mol. The highest BCUT2D eigenvalue weighted by atomic mass is 16.7. The molecule has 2 unspecified atom stereocenters. The van der Waals surface area contributed by atoms with Crippen LogP contribution in [0.15, 0.2) is 30.3 Å². The van der Waals surface area contributed by atoms with Crippen molar-refractivity contribution in [3.8, 4) is 0 Å². The van der Waals surface area contributed by atoms with Gasteiger partial charge in [0.15, 0.2) is 6.29 Å². The Balaban J connectivity index is 2.12. The van der Waals surface area contributed by atoms with Gasteiger partial charge >= 0.3 is 0 Å². The summed E-state index contributed by atoms with van der Waals surface area (Å²) < 4.78 is 11.8. The van der Waals surface area contributed by atoms with Gasteiger partial charge in [0.1, 0.15) is 0 Å². The molecular weight excluding hydrogens is 272 g/mol. The summed E-state index contributed by atoms with van der Waals surface area (Å²) in [4.78, 5) is 0. The lowest BCUT2D eigenvalue weighted by atomic mass is 9.66. The van der Waals surface area contributed by atoms with Gasteiger partial charge in [-0.2, -0.15) is 0 Å². The van der Waals surface area contributed by atoms with Crippen LogP contribution in [0.1, 0.15) is 57.9 Å². The Morgan fingerprint density at radius 2 is 1.82 bits per heavy atom. The fourth-order valence-electron chi connectivity index (χ4n) is 4.01. The first-order chi connectivity index (χ1) is 10.7. The Morgan fingerprint density at radius 1 is 1.14 bits per heavy atom. The third-order valence-corrected chi connectivity index (χ3v) is 5.40. The summed E-state index contributed by atoms with van der Waals surface area (Å²) >= 11 is 0. The Morgan fingerprint density at radius 3 is 2.41 bits per heavy atom. The number of ether oxygens (including phenoxy) is 2. The Bertz CT molecular complexity index is 404. The average molecular weight is 304 g/mol. The highest BCUT2D eigenvalue weighted by molar-refractivity contribution is 5.15. The number of rotatable bonds is 8. The molecule has 1 aromatic carbocycles. The minimum absolute atomic E-state index is 0.0932. The van der Waals surface area contributed by atoms with E-state index in [1.807, 2.05) is 0 Å². The molecule has 2 rings (SSSR count). The molecule has 1 aliphatic rings. The van der Waals surface area contributed by atoms with Gasteiger partial charge in [-0.1, -0.05) is 56.5 Å². The van der Waals surface area contributed by atoms with Gasteiger partial charge in [0.05, 0.1) is 0 Å². The van der Waals surface area contributed by atoms with E-state index in [4.69, 9.17) is 9.47 Å². The molecule has 0 radical (unpaired) electrons. The van der Waals surface area contributed by atoms with Crippen molar-refractivity contribution in [2.75, 3.05) is 13.7 Å². The van der Waals surface area contributed by atoms with Crippen molar-refractivity contribution in [2.45, 2.75) is 65.1 Å². The summed E-state index contributed by atoms with van der Waals surface area (Å²) in [7, 11) is 1.80. The van der Waals surface area contributed by atoms with Gasteiger partial charge in [0, 0.05) is 19.1 Å². The molecule has 1 aliphatic carbocycles. The summed E-state index contributed by atoms with van der Waals surface area (Å²) in [6.45, 7) is 5.16. The predicted octanol–water partition coefficient (Wildman–Crippen LogP) is 5.21. The van der Waals surface area contributed by atoms with Crippen molar-refractivity contribution in [3.63, 3.8) is 0 Å². The van der Waals surface area contributed by atoms with Gasteiger partial charge in [0.25, 0.3) is 0 Å². The highest BCUT2D eigenvalue weighted by Gasteiger charge is 2.42. The van der Waals surface area contributed by atoms with Gasteiger partial charge in [-0.3, -0.25) is 0 Å². The van der Waals surface area contributed by atoms with Gasteiger partial charge in [-0.25, -0.2) is 0 Å². The molecule has 124 valence electrons. The largest absolute Gasteiger partial charge is 0.355 e. The third kappa shape index (κ3) is 4.33. The lowest BCUT2D eigenvalue weighted by molar-refractivity contribution is -0.208. The number of benzene rings is 1. The van der Waals surface area contributed by atoms with E-state index in [2.05, 4.69) is 44.2 Å². The fraction of sp³-hybridized carbons (Fsp3) is 0.700. The van der Waals surface area contributed by atoms with E-state index in [-0.39, 0.29) is 11.7 Å². The molecule has 0 bridgehead atoms. The molecule has 1 aromatic rings. The summed E-state index contributed by atoms with van der Waals surface area (Å²) in [5, 5.41) is 0. The molecule has 0 N–H and O–H groups in total. The summed E-state index contributed by atoms with van der Waals surface area (Å²) in [5.41, 5.74) is 1.51. The Hall–Kier alpha value is -0.860. The maximum absolute atomic E-state index is 5.98. The maximum atomic E-state index is 5.98. The summed E-state index contributed by atoms with van der Waals surface area (Å²) in [6.07, 6.45) is 8.86. The van der Waals surface area contributed by atoms with Crippen LogP contribution in [-0.2, 0) is 15.9 Å². The summed E-state index contributed by atoms with van der Waals surface area (Å²) in [5.74, 6) is 0.710. The van der Waals surface area contributed by atoms with E-state index >= 15 is 0 Å². The zero-order valence-corrected chi connectivity index (χ0v) is 14.5. The van der Waals surface area contributed by atoms with Crippen LogP contribution in [0.3, 0.4) is 0 Å². The van der Waals surface area contributed by atoms with Crippen LogP contribution in [0.25, 0.3) is 0 Å². The molecule has 2 heteroatoms. The van der Waals surface area contributed by atoms with Gasteiger partial charge in [0.2, 0.25) is 0 Å². The minimum atomic E-state index is -0.0932. The molecular formula is C20H32O2. The second-order valence-corrected chi connectivity index (χ2v) is 6.85.